The summed E-state index contributed by atoms with van der Waals surface area (Å²) in [6.07, 6.45) is 4.46. The van der Waals surface area contributed by atoms with Crippen molar-refractivity contribution in [3.05, 3.63) is 24.1 Å². The normalized spacial score (nSPS) is 17.4. The largest absolute Gasteiger partial charge is 0.339 e. The van der Waals surface area contributed by atoms with Crippen LogP contribution in [0.3, 0.4) is 0 Å². The standard InChI is InChI=1S/C11H13N5O3S2/c1-14-6-9(13-8-14)21(18,19)15-3-4-16(10(17)7-15)11-12-2-5-20-11/h2,5-6,8H,3-4,7H2,1H3. The summed E-state index contributed by atoms with van der Waals surface area (Å²) in [5, 5.41) is 2.33. The van der Waals surface area contributed by atoms with Crippen molar-refractivity contribution in [3.8, 4) is 0 Å². The topological polar surface area (TPSA) is 88.4 Å². The molecule has 8 nitrogen and oxygen atoms in total. The summed E-state index contributed by atoms with van der Waals surface area (Å²) in [5.74, 6) is -0.282. The highest BCUT2D eigenvalue weighted by molar-refractivity contribution is 7.89. The third kappa shape index (κ3) is 2.57. The van der Waals surface area contributed by atoms with E-state index in [4.69, 9.17) is 0 Å². The van der Waals surface area contributed by atoms with Crippen molar-refractivity contribution in [1.82, 2.24) is 18.8 Å². The molecule has 1 fully saturated rings. The lowest BCUT2D eigenvalue weighted by Gasteiger charge is -2.31. The highest BCUT2D eigenvalue weighted by Crippen LogP contribution is 2.22. The summed E-state index contributed by atoms with van der Waals surface area (Å²) in [6.45, 7) is 0.321. The van der Waals surface area contributed by atoms with Gasteiger partial charge in [0.25, 0.3) is 10.0 Å². The van der Waals surface area contributed by atoms with Gasteiger partial charge in [-0.1, -0.05) is 0 Å². The van der Waals surface area contributed by atoms with Gasteiger partial charge < -0.3 is 4.57 Å². The fraction of sp³-hybridized carbons (Fsp3) is 0.364. The van der Waals surface area contributed by atoms with Crippen LogP contribution in [0.2, 0.25) is 0 Å². The van der Waals surface area contributed by atoms with Crippen molar-refractivity contribution in [2.24, 2.45) is 7.05 Å². The number of sulfonamides is 1. The van der Waals surface area contributed by atoms with Crippen LogP contribution in [0.4, 0.5) is 5.13 Å². The smallest absolute Gasteiger partial charge is 0.262 e. The summed E-state index contributed by atoms with van der Waals surface area (Å²) < 4.78 is 27.5. The van der Waals surface area contributed by atoms with Crippen molar-refractivity contribution in [3.63, 3.8) is 0 Å². The minimum atomic E-state index is -3.73. The lowest BCUT2D eigenvalue weighted by atomic mass is 10.4. The van der Waals surface area contributed by atoms with E-state index in [0.717, 1.165) is 4.31 Å². The van der Waals surface area contributed by atoms with Crippen LogP contribution >= 0.6 is 11.3 Å². The summed E-state index contributed by atoms with van der Waals surface area (Å²) >= 11 is 1.35. The molecular formula is C11H13N5O3S2. The Morgan fingerprint density at radius 2 is 2.10 bits per heavy atom. The first-order valence-corrected chi connectivity index (χ1v) is 8.48. The van der Waals surface area contributed by atoms with E-state index in [1.165, 1.54) is 28.8 Å². The lowest BCUT2D eigenvalue weighted by molar-refractivity contribution is -0.119. The van der Waals surface area contributed by atoms with Gasteiger partial charge >= 0.3 is 0 Å². The number of carbonyl (C=O) groups excluding carboxylic acids is 1. The number of aryl methyl sites for hydroxylation is 1. The lowest BCUT2D eigenvalue weighted by Crippen LogP contribution is -2.52. The summed E-state index contributed by atoms with van der Waals surface area (Å²) in [5.41, 5.74) is 0. The Balaban J connectivity index is 1.80. The van der Waals surface area contributed by atoms with Crippen molar-refractivity contribution in [2.75, 3.05) is 24.5 Å². The van der Waals surface area contributed by atoms with Gasteiger partial charge in [0, 0.05) is 37.9 Å². The second kappa shape index (κ2) is 5.20. The molecule has 0 saturated carbocycles. The number of nitrogens with zero attached hydrogens (tertiary/aromatic N) is 5. The predicted octanol–water partition coefficient (Wildman–Crippen LogP) is -0.0859. The summed E-state index contributed by atoms with van der Waals surface area (Å²) in [6, 6.07) is 0. The molecule has 1 aliphatic rings. The molecule has 1 amide bonds. The molecule has 0 spiro atoms. The molecule has 0 unspecified atom stereocenters. The van der Waals surface area contributed by atoms with Crippen LogP contribution in [-0.2, 0) is 21.9 Å². The molecule has 0 atom stereocenters. The van der Waals surface area contributed by atoms with Gasteiger partial charge in [0.1, 0.15) is 0 Å². The zero-order valence-corrected chi connectivity index (χ0v) is 12.8. The summed E-state index contributed by atoms with van der Waals surface area (Å²) in [4.78, 5) is 21.6. The highest BCUT2D eigenvalue weighted by Gasteiger charge is 2.35. The molecule has 2 aromatic heterocycles. The third-order valence-electron chi connectivity index (χ3n) is 3.12. The number of aromatic nitrogens is 3. The molecule has 0 aliphatic carbocycles. The fourth-order valence-electron chi connectivity index (χ4n) is 2.06. The summed E-state index contributed by atoms with van der Waals surface area (Å²) in [7, 11) is -2.04. The Hall–Kier alpha value is -1.78. The van der Waals surface area contributed by atoms with Crippen LogP contribution in [-0.4, -0.2) is 52.8 Å². The van der Waals surface area contributed by atoms with Gasteiger partial charge in [0.05, 0.1) is 12.9 Å². The van der Waals surface area contributed by atoms with Gasteiger partial charge in [0.15, 0.2) is 10.2 Å². The first-order chi connectivity index (χ1) is 9.98. The van der Waals surface area contributed by atoms with Crippen LogP contribution in [0.15, 0.2) is 29.1 Å². The fourth-order valence-corrected chi connectivity index (χ4v) is 4.09. The van der Waals surface area contributed by atoms with Gasteiger partial charge in [0.2, 0.25) is 5.91 Å². The minimum Gasteiger partial charge on any atom is -0.339 e. The van der Waals surface area contributed by atoms with E-state index in [9.17, 15) is 13.2 Å². The molecule has 3 rings (SSSR count). The molecule has 0 bridgehead atoms. The number of imidazole rings is 1. The SMILES string of the molecule is Cn1cnc(S(=O)(=O)N2CCN(c3nccs3)C(=O)C2)c1. The predicted molar refractivity (Wildman–Crippen MR) is 76.4 cm³/mol. The number of piperazine rings is 1. The van der Waals surface area contributed by atoms with E-state index in [0.29, 0.717) is 11.7 Å². The van der Waals surface area contributed by atoms with Gasteiger partial charge in [-0.05, 0) is 0 Å². The first kappa shape index (κ1) is 14.2. The van der Waals surface area contributed by atoms with E-state index in [1.807, 2.05) is 0 Å². The van der Waals surface area contributed by atoms with Crippen LogP contribution in [0.1, 0.15) is 0 Å². The molecule has 112 valence electrons. The van der Waals surface area contributed by atoms with Gasteiger partial charge in [-0.3, -0.25) is 9.69 Å². The van der Waals surface area contributed by atoms with Crippen LogP contribution in [0, 0.1) is 0 Å². The van der Waals surface area contributed by atoms with Gasteiger partial charge in [-0.2, -0.15) is 4.31 Å². The van der Waals surface area contributed by atoms with Crippen molar-refractivity contribution < 1.29 is 13.2 Å². The molecule has 2 aromatic rings. The average Bonchev–Trinajstić information content (AvgIpc) is 3.09. The maximum Gasteiger partial charge on any atom is 0.262 e. The van der Waals surface area contributed by atoms with E-state index in [-0.39, 0.29) is 24.0 Å². The minimum absolute atomic E-state index is 0.0412. The van der Waals surface area contributed by atoms with Crippen molar-refractivity contribution in [1.29, 1.82) is 0 Å². The zero-order valence-electron chi connectivity index (χ0n) is 11.2. The number of amides is 1. The zero-order chi connectivity index (χ0) is 15.0. The Kier molecular flexibility index (Phi) is 3.51. The average molecular weight is 327 g/mol. The Morgan fingerprint density at radius 1 is 1.29 bits per heavy atom. The number of anilines is 1. The molecule has 1 saturated heterocycles. The highest BCUT2D eigenvalue weighted by atomic mass is 32.2. The number of rotatable bonds is 3. The van der Waals surface area contributed by atoms with Crippen LogP contribution in [0.5, 0.6) is 0 Å². The van der Waals surface area contributed by atoms with Crippen LogP contribution in [0.25, 0.3) is 0 Å². The van der Waals surface area contributed by atoms with Gasteiger partial charge in [-0.15, -0.1) is 11.3 Å². The quantitative estimate of drug-likeness (QED) is 0.786. The second-order valence-electron chi connectivity index (χ2n) is 4.58. The maximum absolute atomic E-state index is 12.4. The van der Waals surface area contributed by atoms with Crippen molar-refractivity contribution in [2.45, 2.75) is 5.03 Å². The monoisotopic (exact) mass is 327 g/mol. The molecular weight excluding hydrogens is 314 g/mol. The number of hydrogen-bond acceptors (Lipinski definition) is 6. The third-order valence-corrected chi connectivity index (χ3v) is 5.65. The second-order valence-corrected chi connectivity index (χ2v) is 7.33. The Labute approximate surface area is 125 Å². The van der Waals surface area contributed by atoms with E-state index >= 15 is 0 Å². The molecule has 1 aliphatic heterocycles. The Bertz CT molecular complexity index is 753. The van der Waals surface area contributed by atoms with E-state index in [2.05, 4.69) is 9.97 Å². The maximum atomic E-state index is 12.4. The van der Waals surface area contributed by atoms with Crippen LogP contribution < -0.4 is 4.90 Å². The number of carbonyl (C=O) groups is 1. The molecule has 21 heavy (non-hydrogen) atoms. The van der Waals surface area contributed by atoms with Crippen molar-refractivity contribution >= 4 is 32.4 Å². The molecule has 0 aromatic carbocycles. The molecule has 0 radical (unpaired) electrons. The number of thiazole rings is 1. The molecule has 3 heterocycles. The first-order valence-electron chi connectivity index (χ1n) is 6.16. The van der Waals surface area contributed by atoms with E-state index in [1.54, 1.807) is 23.2 Å². The number of hydrogen-bond donors (Lipinski definition) is 0. The van der Waals surface area contributed by atoms with Gasteiger partial charge in [-0.25, -0.2) is 18.4 Å². The Morgan fingerprint density at radius 3 is 2.67 bits per heavy atom. The molecule has 10 heteroatoms. The molecule has 0 N–H and O–H groups in total. The van der Waals surface area contributed by atoms with E-state index < -0.39 is 10.0 Å².